The predicted octanol–water partition coefficient (Wildman–Crippen LogP) is 2.78. The highest BCUT2D eigenvalue weighted by molar-refractivity contribution is 5.91. The molecule has 1 fully saturated rings. The van der Waals surface area contributed by atoms with Gasteiger partial charge >= 0.3 is 0 Å². The van der Waals surface area contributed by atoms with E-state index in [2.05, 4.69) is 24.5 Å². The third-order valence-electron chi connectivity index (χ3n) is 3.44. The van der Waals surface area contributed by atoms with Crippen molar-refractivity contribution in [3.8, 4) is 0 Å². The molecule has 1 aliphatic rings. The minimum atomic E-state index is -0.0403. The summed E-state index contributed by atoms with van der Waals surface area (Å²) in [5.74, 6) is -0.0403. The van der Waals surface area contributed by atoms with Crippen LogP contribution in [0.5, 0.6) is 0 Å². The molecule has 3 nitrogen and oxygen atoms in total. The second-order valence-electron chi connectivity index (χ2n) is 4.95. The summed E-state index contributed by atoms with van der Waals surface area (Å²) in [6.07, 6.45) is 8.12. The molecular weight excluding hydrogens is 236 g/mol. The lowest BCUT2D eigenvalue weighted by Gasteiger charge is -2.26. The first-order valence-electron chi connectivity index (χ1n) is 7.10. The average Bonchev–Trinajstić information content (AvgIpc) is 2.47. The van der Waals surface area contributed by atoms with E-state index in [1.54, 1.807) is 6.08 Å². The maximum absolute atomic E-state index is 11.8. The van der Waals surface area contributed by atoms with Gasteiger partial charge in [0, 0.05) is 19.2 Å². The van der Waals surface area contributed by atoms with Gasteiger partial charge in [-0.05, 0) is 36.5 Å². The molecule has 0 spiro atoms. The van der Waals surface area contributed by atoms with Crippen LogP contribution < -0.4 is 5.43 Å². The van der Waals surface area contributed by atoms with Gasteiger partial charge in [-0.25, -0.2) is 5.01 Å². The van der Waals surface area contributed by atoms with Crippen molar-refractivity contribution in [1.29, 1.82) is 0 Å². The number of carbonyl (C=O) groups is 1. The van der Waals surface area contributed by atoms with Crippen LogP contribution >= 0.6 is 0 Å². The molecular formula is C16H22N2O. The number of aryl methyl sites for hydroxylation is 1. The molecule has 0 aromatic heterocycles. The Kier molecular flexibility index (Phi) is 5.16. The van der Waals surface area contributed by atoms with Crippen molar-refractivity contribution in [1.82, 2.24) is 10.4 Å². The first-order chi connectivity index (χ1) is 9.28. The highest BCUT2D eigenvalue weighted by atomic mass is 16.2. The number of hydrazine groups is 1. The van der Waals surface area contributed by atoms with Gasteiger partial charge in [0.1, 0.15) is 0 Å². The lowest BCUT2D eigenvalue weighted by atomic mass is 10.1. The van der Waals surface area contributed by atoms with E-state index < -0.39 is 0 Å². The van der Waals surface area contributed by atoms with E-state index in [0.717, 1.165) is 25.1 Å². The number of amides is 1. The molecule has 1 saturated heterocycles. The number of benzene rings is 1. The van der Waals surface area contributed by atoms with E-state index >= 15 is 0 Å². The molecule has 0 atom stereocenters. The second-order valence-corrected chi connectivity index (χ2v) is 4.95. The molecule has 1 heterocycles. The van der Waals surface area contributed by atoms with Crippen molar-refractivity contribution in [2.24, 2.45) is 0 Å². The highest BCUT2D eigenvalue weighted by Gasteiger charge is 2.10. The number of nitrogens with one attached hydrogen (secondary N) is 1. The maximum Gasteiger partial charge on any atom is 0.258 e. The van der Waals surface area contributed by atoms with Crippen molar-refractivity contribution in [3.05, 3.63) is 41.5 Å². The van der Waals surface area contributed by atoms with Crippen molar-refractivity contribution in [2.45, 2.75) is 32.6 Å². The topological polar surface area (TPSA) is 32.3 Å². The normalized spacial score (nSPS) is 16.7. The number of nitrogens with zero attached hydrogens (tertiary/aromatic N) is 1. The van der Waals surface area contributed by atoms with Gasteiger partial charge in [-0.15, -0.1) is 0 Å². The fourth-order valence-corrected chi connectivity index (χ4v) is 2.24. The van der Waals surface area contributed by atoms with Crippen LogP contribution in [-0.4, -0.2) is 24.0 Å². The zero-order chi connectivity index (χ0) is 13.5. The van der Waals surface area contributed by atoms with Crippen LogP contribution in [0.4, 0.5) is 0 Å². The first kappa shape index (κ1) is 13.8. The lowest BCUT2D eigenvalue weighted by molar-refractivity contribution is -0.121. The maximum atomic E-state index is 11.8. The Morgan fingerprint density at radius 3 is 2.53 bits per heavy atom. The molecule has 1 aromatic rings. The number of carbonyl (C=O) groups excluding carboxylic acids is 1. The summed E-state index contributed by atoms with van der Waals surface area (Å²) < 4.78 is 0. The monoisotopic (exact) mass is 258 g/mol. The number of rotatable bonds is 4. The Labute approximate surface area is 115 Å². The Morgan fingerprint density at radius 2 is 1.89 bits per heavy atom. The van der Waals surface area contributed by atoms with Gasteiger partial charge in [-0.3, -0.25) is 10.2 Å². The summed E-state index contributed by atoms with van der Waals surface area (Å²) in [7, 11) is 0. The fraction of sp³-hybridized carbons (Fsp3) is 0.438. The van der Waals surface area contributed by atoms with Crippen LogP contribution in [0.1, 0.15) is 37.3 Å². The summed E-state index contributed by atoms with van der Waals surface area (Å²) in [4.78, 5) is 11.8. The van der Waals surface area contributed by atoms with Gasteiger partial charge in [-0.2, -0.15) is 0 Å². The third-order valence-corrected chi connectivity index (χ3v) is 3.44. The SMILES string of the molecule is CCc1ccc(/C=C/C(=O)NN2CCCCC2)cc1. The van der Waals surface area contributed by atoms with E-state index in [1.807, 2.05) is 23.2 Å². The average molecular weight is 258 g/mol. The Bertz CT molecular complexity index is 431. The van der Waals surface area contributed by atoms with Crippen molar-refractivity contribution >= 4 is 12.0 Å². The molecule has 0 bridgehead atoms. The van der Waals surface area contributed by atoms with Gasteiger partial charge < -0.3 is 0 Å². The van der Waals surface area contributed by atoms with E-state index in [-0.39, 0.29) is 5.91 Å². The van der Waals surface area contributed by atoms with E-state index in [9.17, 15) is 4.79 Å². The standard InChI is InChI=1S/C16H22N2O/c1-2-14-6-8-15(9-7-14)10-11-16(19)17-18-12-4-3-5-13-18/h6-11H,2-5,12-13H2,1H3,(H,17,19)/b11-10+. The molecule has 0 radical (unpaired) electrons. The summed E-state index contributed by atoms with van der Waals surface area (Å²) in [5, 5.41) is 2.01. The molecule has 2 rings (SSSR count). The molecule has 3 heteroatoms. The fourth-order valence-electron chi connectivity index (χ4n) is 2.24. The van der Waals surface area contributed by atoms with Gasteiger partial charge in [0.2, 0.25) is 0 Å². The van der Waals surface area contributed by atoms with Crippen LogP contribution in [0.2, 0.25) is 0 Å². The van der Waals surface area contributed by atoms with Gasteiger partial charge in [-0.1, -0.05) is 37.6 Å². The Hall–Kier alpha value is -1.61. The van der Waals surface area contributed by atoms with E-state index in [1.165, 1.54) is 24.8 Å². The summed E-state index contributed by atoms with van der Waals surface area (Å²) in [6, 6.07) is 8.29. The predicted molar refractivity (Wildman–Crippen MR) is 78.4 cm³/mol. The van der Waals surface area contributed by atoms with Crippen molar-refractivity contribution in [2.75, 3.05) is 13.1 Å². The van der Waals surface area contributed by atoms with Crippen molar-refractivity contribution < 1.29 is 4.79 Å². The molecule has 1 aliphatic heterocycles. The zero-order valence-electron chi connectivity index (χ0n) is 11.6. The van der Waals surface area contributed by atoms with Crippen molar-refractivity contribution in [3.63, 3.8) is 0 Å². The van der Waals surface area contributed by atoms with Gasteiger partial charge in [0.15, 0.2) is 0 Å². The van der Waals surface area contributed by atoms with Crippen LogP contribution in [0.15, 0.2) is 30.3 Å². The molecule has 1 amide bonds. The van der Waals surface area contributed by atoms with Crippen LogP contribution in [0.25, 0.3) is 6.08 Å². The molecule has 0 aliphatic carbocycles. The summed E-state index contributed by atoms with van der Waals surface area (Å²) in [6.45, 7) is 4.06. The number of piperidine rings is 1. The van der Waals surface area contributed by atoms with E-state index in [0.29, 0.717) is 0 Å². The second kappa shape index (κ2) is 7.10. The van der Waals surface area contributed by atoms with Gasteiger partial charge in [0.05, 0.1) is 0 Å². The number of hydrogen-bond acceptors (Lipinski definition) is 2. The van der Waals surface area contributed by atoms with Crippen LogP contribution in [-0.2, 0) is 11.2 Å². The number of hydrogen-bond donors (Lipinski definition) is 1. The molecule has 1 N–H and O–H groups in total. The Balaban J connectivity index is 1.84. The molecule has 1 aromatic carbocycles. The molecule has 19 heavy (non-hydrogen) atoms. The minimum Gasteiger partial charge on any atom is -0.285 e. The smallest absolute Gasteiger partial charge is 0.258 e. The summed E-state index contributed by atoms with van der Waals surface area (Å²) in [5.41, 5.74) is 5.30. The zero-order valence-corrected chi connectivity index (χ0v) is 11.6. The minimum absolute atomic E-state index is 0.0403. The third kappa shape index (κ3) is 4.52. The van der Waals surface area contributed by atoms with Crippen LogP contribution in [0.3, 0.4) is 0 Å². The summed E-state index contributed by atoms with van der Waals surface area (Å²) >= 11 is 0. The molecule has 0 unspecified atom stereocenters. The highest BCUT2D eigenvalue weighted by Crippen LogP contribution is 2.07. The quantitative estimate of drug-likeness (QED) is 0.842. The Morgan fingerprint density at radius 1 is 1.21 bits per heavy atom. The van der Waals surface area contributed by atoms with Crippen LogP contribution in [0, 0.1) is 0 Å². The first-order valence-corrected chi connectivity index (χ1v) is 7.10. The molecule has 102 valence electrons. The lowest BCUT2D eigenvalue weighted by Crippen LogP contribution is -2.44. The van der Waals surface area contributed by atoms with E-state index in [4.69, 9.17) is 0 Å². The largest absolute Gasteiger partial charge is 0.285 e. The van der Waals surface area contributed by atoms with Gasteiger partial charge in [0.25, 0.3) is 5.91 Å². The molecule has 0 saturated carbocycles.